The molecule has 0 spiro atoms. The van der Waals surface area contributed by atoms with Crippen LogP contribution >= 0.6 is 0 Å². The number of rotatable bonds is 4. The van der Waals surface area contributed by atoms with Gasteiger partial charge in [-0.05, 0) is 48.9 Å². The fourth-order valence-corrected chi connectivity index (χ4v) is 3.53. The third kappa shape index (κ3) is 3.08. The van der Waals surface area contributed by atoms with Crippen LogP contribution in [0.4, 0.5) is 5.69 Å². The fraction of sp³-hybridized carbons (Fsp3) is 0.0833. The maximum Gasteiger partial charge on any atom is 0.255 e. The number of carbonyl (C=O) groups is 1. The van der Waals surface area contributed by atoms with Crippen LogP contribution in [0, 0.1) is 6.92 Å². The summed E-state index contributed by atoms with van der Waals surface area (Å²) >= 11 is 0. The van der Waals surface area contributed by atoms with Gasteiger partial charge in [-0.2, -0.15) is 5.10 Å². The van der Waals surface area contributed by atoms with Gasteiger partial charge in [0.1, 0.15) is 16.9 Å². The Hall–Kier alpha value is -4.06. The van der Waals surface area contributed by atoms with Crippen molar-refractivity contribution in [3.8, 4) is 11.4 Å². The summed E-state index contributed by atoms with van der Waals surface area (Å²) in [7, 11) is 1.58. The van der Waals surface area contributed by atoms with Crippen molar-refractivity contribution in [2.75, 3.05) is 12.4 Å². The van der Waals surface area contributed by atoms with E-state index < -0.39 is 0 Å². The van der Waals surface area contributed by atoms with E-state index in [2.05, 4.69) is 10.4 Å². The Kier molecular flexibility index (Phi) is 4.25. The highest BCUT2D eigenvalue weighted by Gasteiger charge is 2.15. The summed E-state index contributed by atoms with van der Waals surface area (Å²) in [6.45, 7) is 1.98. The molecule has 5 rings (SSSR count). The first kappa shape index (κ1) is 18.0. The van der Waals surface area contributed by atoms with Crippen LogP contribution in [0.25, 0.3) is 27.6 Å². The van der Waals surface area contributed by atoms with Gasteiger partial charge in [0, 0.05) is 28.6 Å². The van der Waals surface area contributed by atoms with E-state index >= 15 is 0 Å². The van der Waals surface area contributed by atoms with E-state index in [0.29, 0.717) is 22.6 Å². The van der Waals surface area contributed by atoms with Gasteiger partial charge in [-0.1, -0.05) is 18.2 Å². The van der Waals surface area contributed by atoms with Crippen molar-refractivity contribution < 1.29 is 13.9 Å². The first-order valence-electron chi connectivity index (χ1n) is 9.55. The average Bonchev–Trinajstić information content (AvgIpc) is 3.36. The SMILES string of the molecule is COc1cc2c(cc1NC(=O)c1ccc(-n3cc(C)cn3)cc1)oc1ccccc12. The zero-order valence-electron chi connectivity index (χ0n) is 16.5. The highest BCUT2D eigenvalue weighted by atomic mass is 16.5. The molecule has 2 heterocycles. The van der Waals surface area contributed by atoms with Crippen molar-refractivity contribution in [3.63, 3.8) is 0 Å². The molecule has 5 aromatic rings. The largest absolute Gasteiger partial charge is 0.495 e. The summed E-state index contributed by atoms with van der Waals surface area (Å²) in [5.41, 5.74) is 4.54. The molecule has 6 nitrogen and oxygen atoms in total. The molecule has 1 N–H and O–H groups in total. The molecule has 2 aromatic heterocycles. The average molecular weight is 397 g/mol. The van der Waals surface area contributed by atoms with Crippen molar-refractivity contribution in [3.05, 3.63) is 84.2 Å². The maximum atomic E-state index is 12.8. The van der Waals surface area contributed by atoms with E-state index in [0.717, 1.165) is 27.6 Å². The van der Waals surface area contributed by atoms with Gasteiger partial charge in [0.05, 0.1) is 24.7 Å². The van der Waals surface area contributed by atoms with Crippen molar-refractivity contribution in [2.24, 2.45) is 0 Å². The summed E-state index contributed by atoms with van der Waals surface area (Å²) in [6.07, 6.45) is 3.73. The van der Waals surface area contributed by atoms with Gasteiger partial charge in [0.2, 0.25) is 0 Å². The van der Waals surface area contributed by atoms with Crippen molar-refractivity contribution >= 4 is 33.5 Å². The normalized spacial score (nSPS) is 11.1. The number of benzene rings is 3. The molecular formula is C24H19N3O3. The van der Waals surface area contributed by atoms with E-state index in [-0.39, 0.29) is 5.91 Å². The highest BCUT2D eigenvalue weighted by molar-refractivity contribution is 6.10. The van der Waals surface area contributed by atoms with Crippen molar-refractivity contribution in [2.45, 2.75) is 6.92 Å². The van der Waals surface area contributed by atoms with E-state index in [1.807, 2.05) is 55.6 Å². The van der Waals surface area contributed by atoms with Gasteiger partial charge in [0.25, 0.3) is 5.91 Å². The summed E-state index contributed by atoms with van der Waals surface area (Å²) in [6, 6.07) is 18.8. The van der Waals surface area contributed by atoms with Gasteiger partial charge in [0.15, 0.2) is 0 Å². The van der Waals surface area contributed by atoms with Crippen molar-refractivity contribution in [1.82, 2.24) is 9.78 Å². The highest BCUT2D eigenvalue weighted by Crippen LogP contribution is 2.36. The van der Waals surface area contributed by atoms with E-state index in [1.165, 1.54) is 0 Å². The van der Waals surface area contributed by atoms with Crippen LogP contribution < -0.4 is 10.1 Å². The molecule has 0 bridgehead atoms. The van der Waals surface area contributed by atoms with E-state index in [1.54, 1.807) is 36.2 Å². The first-order valence-corrected chi connectivity index (χ1v) is 9.55. The number of furan rings is 1. The lowest BCUT2D eigenvalue weighted by Crippen LogP contribution is -2.12. The number of hydrogen-bond donors (Lipinski definition) is 1. The molecule has 0 aliphatic carbocycles. The molecule has 0 aliphatic rings. The van der Waals surface area contributed by atoms with Gasteiger partial charge in [-0.25, -0.2) is 4.68 Å². The Labute approximate surface area is 172 Å². The molecule has 6 heteroatoms. The second-order valence-electron chi connectivity index (χ2n) is 7.11. The van der Waals surface area contributed by atoms with Crippen LogP contribution in [0.15, 0.2) is 77.5 Å². The Morgan fingerprint density at radius 3 is 2.57 bits per heavy atom. The van der Waals surface area contributed by atoms with Crippen LogP contribution in [0.5, 0.6) is 5.75 Å². The molecule has 30 heavy (non-hydrogen) atoms. The number of anilines is 1. The zero-order valence-corrected chi connectivity index (χ0v) is 16.5. The number of fused-ring (bicyclic) bond motifs is 3. The minimum Gasteiger partial charge on any atom is -0.495 e. The number of aromatic nitrogens is 2. The van der Waals surface area contributed by atoms with Gasteiger partial charge in [-0.15, -0.1) is 0 Å². The number of hydrogen-bond acceptors (Lipinski definition) is 4. The topological polar surface area (TPSA) is 69.3 Å². The second kappa shape index (κ2) is 7.08. The molecule has 1 amide bonds. The molecule has 3 aromatic carbocycles. The summed E-state index contributed by atoms with van der Waals surface area (Å²) < 4.78 is 13.2. The molecule has 0 saturated heterocycles. The fourth-order valence-electron chi connectivity index (χ4n) is 3.53. The minimum absolute atomic E-state index is 0.230. The maximum absolute atomic E-state index is 12.8. The predicted molar refractivity (Wildman–Crippen MR) is 117 cm³/mol. The number of amides is 1. The smallest absolute Gasteiger partial charge is 0.255 e. The third-order valence-electron chi connectivity index (χ3n) is 5.05. The minimum atomic E-state index is -0.230. The predicted octanol–water partition coefficient (Wildman–Crippen LogP) is 5.34. The number of para-hydroxylation sites is 1. The number of aryl methyl sites for hydroxylation is 1. The molecular weight excluding hydrogens is 378 g/mol. The standard InChI is InChI=1S/C24H19N3O3/c1-15-13-25-27(14-15)17-9-7-16(8-10-17)24(28)26-20-12-22-19(11-23(20)29-2)18-5-3-4-6-21(18)30-22/h3-14H,1-2H3,(H,26,28). The Balaban J connectivity index is 1.45. The molecule has 0 fully saturated rings. The van der Waals surface area contributed by atoms with Gasteiger partial charge < -0.3 is 14.5 Å². The van der Waals surface area contributed by atoms with Crippen LogP contribution in [0.3, 0.4) is 0 Å². The molecule has 0 unspecified atom stereocenters. The monoisotopic (exact) mass is 397 g/mol. The number of ether oxygens (including phenoxy) is 1. The zero-order chi connectivity index (χ0) is 20.7. The molecule has 148 valence electrons. The lowest BCUT2D eigenvalue weighted by atomic mass is 10.1. The molecule has 0 radical (unpaired) electrons. The van der Waals surface area contributed by atoms with Crippen LogP contribution in [-0.2, 0) is 0 Å². The number of methoxy groups -OCH3 is 1. The van der Waals surface area contributed by atoms with Crippen LogP contribution in [-0.4, -0.2) is 22.8 Å². The van der Waals surface area contributed by atoms with Crippen LogP contribution in [0.2, 0.25) is 0 Å². The lowest BCUT2D eigenvalue weighted by Gasteiger charge is -2.11. The van der Waals surface area contributed by atoms with Crippen LogP contribution in [0.1, 0.15) is 15.9 Å². The molecule has 0 saturated carbocycles. The number of nitrogens with zero attached hydrogens (tertiary/aromatic N) is 2. The summed E-state index contributed by atoms with van der Waals surface area (Å²) in [4.78, 5) is 12.8. The molecule has 0 atom stereocenters. The van der Waals surface area contributed by atoms with Gasteiger partial charge >= 0.3 is 0 Å². The number of carbonyl (C=O) groups excluding carboxylic acids is 1. The Bertz CT molecular complexity index is 1380. The van der Waals surface area contributed by atoms with E-state index in [9.17, 15) is 4.79 Å². The first-order chi connectivity index (χ1) is 14.6. The lowest BCUT2D eigenvalue weighted by molar-refractivity contribution is 0.102. The third-order valence-corrected chi connectivity index (χ3v) is 5.05. The molecule has 0 aliphatic heterocycles. The Morgan fingerprint density at radius 2 is 1.83 bits per heavy atom. The van der Waals surface area contributed by atoms with E-state index in [4.69, 9.17) is 9.15 Å². The second-order valence-corrected chi connectivity index (χ2v) is 7.11. The van der Waals surface area contributed by atoms with Crippen molar-refractivity contribution in [1.29, 1.82) is 0 Å². The summed E-state index contributed by atoms with van der Waals surface area (Å²) in [5.74, 6) is 0.345. The summed E-state index contributed by atoms with van der Waals surface area (Å²) in [5, 5.41) is 9.17. The van der Waals surface area contributed by atoms with Gasteiger partial charge in [-0.3, -0.25) is 4.79 Å². The quantitative estimate of drug-likeness (QED) is 0.444. The number of nitrogens with one attached hydrogen (secondary N) is 1. The Morgan fingerprint density at radius 1 is 1.03 bits per heavy atom.